The highest BCUT2D eigenvalue weighted by molar-refractivity contribution is 5.60. The third-order valence-electron chi connectivity index (χ3n) is 1.97. The zero-order valence-electron chi connectivity index (χ0n) is 6.21. The molecule has 1 aliphatic rings. The summed E-state index contributed by atoms with van der Waals surface area (Å²) < 4.78 is 0. The van der Waals surface area contributed by atoms with Crippen molar-refractivity contribution in [1.29, 1.82) is 0 Å². The van der Waals surface area contributed by atoms with Crippen molar-refractivity contribution in [2.24, 2.45) is 0 Å². The minimum absolute atomic E-state index is 0.596. The van der Waals surface area contributed by atoms with E-state index in [9.17, 15) is 9.90 Å². The lowest BCUT2D eigenvalue weighted by molar-refractivity contribution is -0.140. The van der Waals surface area contributed by atoms with Gasteiger partial charge in [-0.25, -0.2) is 0 Å². The van der Waals surface area contributed by atoms with Crippen LogP contribution >= 0.6 is 0 Å². The molecule has 1 atom stereocenters. The summed E-state index contributed by atoms with van der Waals surface area (Å²) in [4.78, 5) is 12.1. The minimum Gasteiger partial charge on any atom is -0.369 e. The number of carbonyl (C=O) groups is 1. The van der Waals surface area contributed by atoms with Crippen LogP contribution in [-0.2, 0) is 4.79 Å². The average Bonchev–Trinajstić information content (AvgIpc) is 2.38. The van der Waals surface area contributed by atoms with E-state index in [2.05, 4.69) is 0 Å². The number of nitrogens with zero attached hydrogens (tertiary/aromatic N) is 1. The SMILES string of the molecule is CC(O)(C=O)N1CCCC1. The summed E-state index contributed by atoms with van der Waals surface area (Å²) in [7, 11) is 0. The maximum Gasteiger partial charge on any atom is 0.172 e. The molecule has 1 aliphatic heterocycles. The molecule has 0 aromatic carbocycles. The van der Waals surface area contributed by atoms with E-state index in [0.717, 1.165) is 25.9 Å². The minimum atomic E-state index is -1.23. The molecule has 1 unspecified atom stereocenters. The van der Waals surface area contributed by atoms with Crippen LogP contribution in [-0.4, -0.2) is 35.1 Å². The van der Waals surface area contributed by atoms with Gasteiger partial charge in [0.2, 0.25) is 0 Å². The molecule has 1 saturated heterocycles. The largest absolute Gasteiger partial charge is 0.369 e. The first-order valence-electron chi connectivity index (χ1n) is 3.60. The van der Waals surface area contributed by atoms with Crippen molar-refractivity contribution in [2.45, 2.75) is 25.5 Å². The Hall–Kier alpha value is -0.410. The normalized spacial score (nSPS) is 26.2. The van der Waals surface area contributed by atoms with Gasteiger partial charge in [-0.3, -0.25) is 9.69 Å². The van der Waals surface area contributed by atoms with Crippen LogP contribution < -0.4 is 0 Å². The summed E-state index contributed by atoms with van der Waals surface area (Å²) in [5, 5.41) is 9.38. The predicted molar refractivity (Wildman–Crippen MR) is 37.5 cm³/mol. The molecule has 1 heterocycles. The second-order valence-electron chi connectivity index (χ2n) is 2.91. The van der Waals surface area contributed by atoms with Crippen molar-refractivity contribution in [3.63, 3.8) is 0 Å². The second-order valence-corrected chi connectivity index (χ2v) is 2.91. The van der Waals surface area contributed by atoms with Gasteiger partial charge in [-0.1, -0.05) is 0 Å². The topological polar surface area (TPSA) is 40.5 Å². The summed E-state index contributed by atoms with van der Waals surface area (Å²) in [6.07, 6.45) is 2.77. The fourth-order valence-electron chi connectivity index (χ4n) is 1.24. The average molecular weight is 143 g/mol. The van der Waals surface area contributed by atoms with Crippen LogP contribution in [0.2, 0.25) is 0 Å². The zero-order chi connectivity index (χ0) is 7.61. The number of likely N-dealkylation sites (tertiary alicyclic amines) is 1. The van der Waals surface area contributed by atoms with Crippen LogP contribution in [0.1, 0.15) is 19.8 Å². The van der Waals surface area contributed by atoms with Crippen LogP contribution in [0.4, 0.5) is 0 Å². The smallest absolute Gasteiger partial charge is 0.172 e. The number of aldehydes is 1. The molecule has 0 spiro atoms. The summed E-state index contributed by atoms with van der Waals surface area (Å²) in [5.41, 5.74) is -1.23. The van der Waals surface area contributed by atoms with Crippen LogP contribution in [0.25, 0.3) is 0 Å². The quantitative estimate of drug-likeness (QED) is 0.553. The van der Waals surface area contributed by atoms with Crippen LogP contribution in [0.3, 0.4) is 0 Å². The van der Waals surface area contributed by atoms with Crippen molar-refractivity contribution < 1.29 is 9.90 Å². The summed E-state index contributed by atoms with van der Waals surface area (Å²) in [5.74, 6) is 0. The summed E-state index contributed by atoms with van der Waals surface area (Å²) >= 11 is 0. The highest BCUT2D eigenvalue weighted by Crippen LogP contribution is 2.16. The standard InChI is InChI=1S/C7H13NO2/c1-7(10,6-9)8-4-2-3-5-8/h6,10H,2-5H2,1H3. The van der Waals surface area contributed by atoms with E-state index in [-0.39, 0.29) is 0 Å². The summed E-state index contributed by atoms with van der Waals surface area (Å²) in [6, 6.07) is 0. The Morgan fingerprint density at radius 1 is 1.50 bits per heavy atom. The molecule has 1 rings (SSSR count). The van der Waals surface area contributed by atoms with Gasteiger partial charge in [0.25, 0.3) is 0 Å². The van der Waals surface area contributed by atoms with Crippen LogP contribution in [0, 0.1) is 0 Å². The van der Waals surface area contributed by atoms with E-state index in [1.54, 1.807) is 4.90 Å². The highest BCUT2D eigenvalue weighted by atomic mass is 16.3. The molecular formula is C7H13NO2. The molecule has 0 aromatic heterocycles. The molecule has 10 heavy (non-hydrogen) atoms. The lowest BCUT2D eigenvalue weighted by Crippen LogP contribution is -2.45. The molecule has 0 aliphatic carbocycles. The molecular weight excluding hydrogens is 130 g/mol. The third kappa shape index (κ3) is 1.36. The number of carbonyl (C=O) groups excluding carboxylic acids is 1. The van der Waals surface area contributed by atoms with E-state index >= 15 is 0 Å². The molecule has 3 heteroatoms. The van der Waals surface area contributed by atoms with E-state index in [1.807, 2.05) is 0 Å². The van der Waals surface area contributed by atoms with Gasteiger partial charge in [-0.2, -0.15) is 0 Å². The Morgan fingerprint density at radius 2 is 2.00 bits per heavy atom. The lowest BCUT2D eigenvalue weighted by atomic mass is 10.2. The van der Waals surface area contributed by atoms with Crippen molar-refractivity contribution >= 4 is 6.29 Å². The van der Waals surface area contributed by atoms with Gasteiger partial charge in [-0.15, -0.1) is 0 Å². The second kappa shape index (κ2) is 2.68. The van der Waals surface area contributed by atoms with Gasteiger partial charge in [0.05, 0.1) is 0 Å². The Morgan fingerprint density at radius 3 is 2.40 bits per heavy atom. The van der Waals surface area contributed by atoms with Gasteiger partial charge in [-0.05, 0) is 19.8 Å². The van der Waals surface area contributed by atoms with E-state index in [4.69, 9.17) is 0 Å². The number of hydrogen-bond donors (Lipinski definition) is 1. The maximum absolute atomic E-state index is 10.3. The van der Waals surface area contributed by atoms with Gasteiger partial charge in [0.1, 0.15) is 0 Å². The Balaban J connectivity index is 2.53. The molecule has 0 aromatic rings. The Bertz CT molecular complexity index is 128. The first kappa shape index (κ1) is 7.69. The molecule has 0 saturated carbocycles. The lowest BCUT2D eigenvalue weighted by Gasteiger charge is -2.27. The fraction of sp³-hybridized carbons (Fsp3) is 0.857. The molecule has 58 valence electrons. The molecule has 0 amide bonds. The predicted octanol–water partition coefficient (Wildman–Crippen LogP) is -0.0104. The fourth-order valence-corrected chi connectivity index (χ4v) is 1.24. The first-order valence-corrected chi connectivity index (χ1v) is 3.60. The van der Waals surface area contributed by atoms with Crippen molar-refractivity contribution in [3.05, 3.63) is 0 Å². The van der Waals surface area contributed by atoms with Crippen molar-refractivity contribution in [3.8, 4) is 0 Å². The maximum atomic E-state index is 10.3. The molecule has 1 N–H and O–H groups in total. The number of rotatable bonds is 2. The van der Waals surface area contributed by atoms with Crippen molar-refractivity contribution in [1.82, 2.24) is 4.90 Å². The van der Waals surface area contributed by atoms with E-state index < -0.39 is 5.72 Å². The van der Waals surface area contributed by atoms with Crippen LogP contribution in [0.5, 0.6) is 0 Å². The van der Waals surface area contributed by atoms with Gasteiger partial charge >= 0.3 is 0 Å². The zero-order valence-corrected chi connectivity index (χ0v) is 6.21. The molecule has 0 bridgehead atoms. The Labute approximate surface area is 60.6 Å². The first-order chi connectivity index (χ1) is 4.67. The van der Waals surface area contributed by atoms with Gasteiger partial charge in [0.15, 0.2) is 12.0 Å². The summed E-state index contributed by atoms with van der Waals surface area (Å²) in [6.45, 7) is 3.21. The van der Waals surface area contributed by atoms with Gasteiger partial charge < -0.3 is 5.11 Å². The molecule has 0 radical (unpaired) electrons. The number of aliphatic hydroxyl groups is 1. The van der Waals surface area contributed by atoms with Crippen LogP contribution in [0.15, 0.2) is 0 Å². The Kier molecular flexibility index (Phi) is 2.06. The molecule has 3 nitrogen and oxygen atoms in total. The van der Waals surface area contributed by atoms with Crippen molar-refractivity contribution in [2.75, 3.05) is 13.1 Å². The highest BCUT2D eigenvalue weighted by Gasteiger charge is 2.30. The van der Waals surface area contributed by atoms with E-state index in [1.165, 1.54) is 6.92 Å². The van der Waals surface area contributed by atoms with E-state index in [0.29, 0.717) is 6.29 Å². The molecule has 1 fully saturated rings. The third-order valence-corrected chi connectivity index (χ3v) is 1.97. The number of hydrogen-bond acceptors (Lipinski definition) is 3. The monoisotopic (exact) mass is 143 g/mol. The van der Waals surface area contributed by atoms with Gasteiger partial charge in [0, 0.05) is 13.1 Å².